The molecule has 4 nitrogen and oxygen atoms in total. The fourth-order valence-electron chi connectivity index (χ4n) is 1.34. The Morgan fingerprint density at radius 2 is 2.31 bits per heavy atom. The normalized spacial score (nSPS) is 10.8. The van der Waals surface area contributed by atoms with Crippen molar-refractivity contribution >= 4 is 34.4 Å². The van der Waals surface area contributed by atoms with Crippen LogP contribution in [0.4, 0.5) is 0 Å². The van der Waals surface area contributed by atoms with Crippen LogP contribution < -0.4 is 11.2 Å². The molecule has 0 aliphatic rings. The highest BCUT2D eigenvalue weighted by atomic mass is 32.1. The third-order valence-electron chi connectivity index (χ3n) is 2.02. The highest BCUT2D eigenvalue weighted by molar-refractivity contribution is 7.80. The van der Waals surface area contributed by atoms with Gasteiger partial charge < -0.3 is 5.73 Å². The largest absolute Gasteiger partial charge is 0.375 e. The average Bonchev–Trinajstić information content (AvgIpc) is 2.28. The standard InChI is InChI=1S/C11H10N4S/c12-11(16)15-14-7-8-3-4-10-9(6-8)2-1-5-13-10/h1-7H,(H3,12,15,16). The molecule has 3 N–H and O–H groups in total. The van der Waals surface area contributed by atoms with Crippen molar-refractivity contribution in [2.45, 2.75) is 0 Å². The number of hydrazone groups is 1. The summed E-state index contributed by atoms with van der Waals surface area (Å²) < 4.78 is 0. The van der Waals surface area contributed by atoms with E-state index in [-0.39, 0.29) is 5.11 Å². The first-order chi connectivity index (χ1) is 7.75. The van der Waals surface area contributed by atoms with E-state index in [1.54, 1.807) is 12.4 Å². The molecule has 0 bridgehead atoms. The van der Waals surface area contributed by atoms with Gasteiger partial charge in [-0.15, -0.1) is 0 Å². The molecule has 1 aromatic carbocycles. The fraction of sp³-hybridized carbons (Fsp3) is 0. The zero-order valence-corrected chi connectivity index (χ0v) is 9.24. The smallest absolute Gasteiger partial charge is 0.184 e. The SMILES string of the molecule is NC(=S)NN=Cc1ccc2ncccc2c1. The van der Waals surface area contributed by atoms with Crippen molar-refractivity contribution in [1.29, 1.82) is 0 Å². The zero-order chi connectivity index (χ0) is 11.4. The Morgan fingerprint density at radius 1 is 1.44 bits per heavy atom. The van der Waals surface area contributed by atoms with Crippen LogP contribution in [-0.2, 0) is 0 Å². The van der Waals surface area contributed by atoms with Gasteiger partial charge in [0.15, 0.2) is 5.11 Å². The number of fused-ring (bicyclic) bond motifs is 1. The molecule has 16 heavy (non-hydrogen) atoms. The minimum Gasteiger partial charge on any atom is -0.375 e. The monoisotopic (exact) mass is 230 g/mol. The fourth-order valence-corrected chi connectivity index (χ4v) is 1.40. The molecule has 0 fully saturated rings. The predicted molar refractivity (Wildman–Crippen MR) is 69.3 cm³/mol. The van der Waals surface area contributed by atoms with Gasteiger partial charge in [0.25, 0.3) is 0 Å². The summed E-state index contributed by atoms with van der Waals surface area (Å²) in [7, 11) is 0. The molecule has 0 spiro atoms. The van der Waals surface area contributed by atoms with E-state index in [0.717, 1.165) is 16.5 Å². The number of rotatable bonds is 2. The number of hydrogen-bond acceptors (Lipinski definition) is 3. The molecule has 0 saturated carbocycles. The second-order valence-corrected chi connectivity index (χ2v) is 3.63. The number of hydrogen-bond donors (Lipinski definition) is 2. The summed E-state index contributed by atoms with van der Waals surface area (Å²) in [6, 6.07) is 9.77. The topological polar surface area (TPSA) is 63.3 Å². The third kappa shape index (κ3) is 2.52. The molecule has 80 valence electrons. The van der Waals surface area contributed by atoms with E-state index in [9.17, 15) is 0 Å². The second kappa shape index (κ2) is 4.67. The Bertz CT molecular complexity index is 550. The van der Waals surface area contributed by atoms with Crippen LogP contribution in [0.1, 0.15) is 5.56 Å². The summed E-state index contributed by atoms with van der Waals surface area (Å²) in [5, 5.41) is 5.11. The molecule has 2 rings (SSSR count). The lowest BCUT2D eigenvalue weighted by Crippen LogP contribution is -2.23. The molecule has 0 amide bonds. The average molecular weight is 230 g/mol. The van der Waals surface area contributed by atoms with Gasteiger partial charge in [-0.3, -0.25) is 10.4 Å². The van der Waals surface area contributed by atoms with E-state index in [1.807, 2.05) is 30.3 Å². The maximum atomic E-state index is 5.24. The summed E-state index contributed by atoms with van der Waals surface area (Å²) in [5.41, 5.74) is 9.67. The summed E-state index contributed by atoms with van der Waals surface area (Å²) >= 11 is 4.63. The molecule has 0 radical (unpaired) electrons. The third-order valence-corrected chi connectivity index (χ3v) is 2.11. The van der Waals surface area contributed by atoms with Gasteiger partial charge in [-0.05, 0) is 36.0 Å². The number of nitrogens with zero attached hydrogens (tertiary/aromatic N) is 2. The quantitative estimate of drug-likeness (QED) is 0.465. The lowest BCUT2D eigenvalue weighted by molar-refractivity contribution is 1.04. The van der Waals surface area contributed by atoms with Gasteiger partial charge in [0, 0.05) is 11.6 Å². The summed E-state index contributed by atoms with van der Waals surface area (Å²) in [6.07, 6.45) is 3.43. The molecule has 0 aliphatic heterocycles. The van der Waals surface area contributed by atoms with Crippen molar-refractivity contribution in [3.05, 3.63) is 42.1 Å². The van der Waals surface area contributed by atoms with Crippen molar-refractivity contribution < 1.29 is 0 Å². The Hall–Kier alpha value is -2.01. The van der Waals surface area contributed by atoms with Crippen molar-refractivity contribution in [3.63, 3.8) is 0 Å². The van der Waals surface area contributed by atoms with Crippen molar-refractivity contribution in [3.8, 4) is 0 Å². The van der Waals surface area contributed by atoms with Crippen LogP contribution in [0.3, 0.4) is 0 Å². The molecule has 1 heterocycles. The maximum absolute atomic E-state index is 5.24. The van der Waals surface area contributed by atoms with E-state index in [4.69, 9.17) is 5.73 Å². The van der Waals surface area contributed by atoms with Gasteiger partial charge in [0.2, 0.25) is 0 Å². The van der Waals surface area contributed by atoms with Crippen LogP contribution in [0.15, 0.2) is 41.6 Å². The summed E-state index contributed by atoms with van der Waals surface area (Å²) in [6.45, 7) is 0. The van der Waals surface area contributed by atoms with E-state index in [0.29, 0.717) is 0 Å². The van der Waals surface area contributed by atoms with Crippen molar-refractivity contribution in [2.24, 2.45) is 10.8 Å². The number of pyridine rings is 1. The van der Waals surface area contributed by atoms with Gasteiger partial charge >= 0.3 is 0 Å². The van der Waals surface area contributed by atoms with E-state index in [2.05, 4.69) is 27.7 Å². The van der Waals surface area contributed by atoms with Crippen LogP contribution in [0, 0.1) is 0 Å². The molecule has 2 aromatic rings. The number of thiocarbonyl (C=S) groups is 1. The lowest BCUT2D eigenvalue weighted by atomic mass is 10.1. The lowest BCUT2D eigenvalue weighted by Gasteiger charge is -1.98. The number of nitrogens with two attached hydrogens (primary N) is 1. The summed E-state index contributed by atoms with van der Waals surface area (Å²) in [5.74, 6) is 0. The Labute approximate surface area is 98.2 Å². The van der Waals surface area contributed by atoms with Gasteiger partial charge in [0.05, 0.1) is 11.7 Å². The van der Waals surface area contributed by atoms with Crippen LogP contribution in [0.5, 0.6) is 0 Å². The van der Waals surface area contributed by atoms with Gasteiger partial charge in [-0.2, -0.15) is 5.10 Å². The maximum Gasteiger partial charge on any atom is 0.184 e. The van der Waals surface area contributed by atoms with Gasteiger partial charge in [-0.1, -0.05) is 12.1 Å². The van der Waals surface area contributed by atoms with Crippen LogP contribution >= 0.6 is 12.2 Å². The van der Waals surface area contributed by atoms with Crippen molar-refractivity contribution in [1.82, 2.24) is 10.4 Å². The molecule has 5 heteroatoms. The second-order valence-electron chi connectivity index (χ2n) is 3.19. The molecule has 0 atom stereocenters. The Balaban J connectivity index is 2.26. The highest BCUT2D eigenvalue weighted by Crippen LogP contribution is 2.11. The first-order valence-electron chi connectivity index (χ1n) is 4.69. The predicted octanol–water partition coefficient (Wildman–Crippen LogP) is 1.40. The molecule has 0 unspecified atom stereocenters. The van der Waals surface area contributed by atoms with Gasteiger partial charge in [-0.25, -0.2) is 0 Å². The van der Waals surface area contributed by atoms with E-state index in [1.165, 1.54) is 0 Å². The minimum absolute atomic E-state index is 0.152. The van der Waals surface area contributed by atoms with E-state index >= 15 is 0 Å². The number of benzene rings is 1. The number of nitrogens with one attached hydrogen (secondary N) is 1. The van der Waals surface area contributed by atoms with Crippen LogP contribution in [0.2, 0.25) is 0 Å². The highest BCUT2D eigenvalue weighted by Gasteiger charge is 1.94. The molecule has 1 aromatic heterocycles. The molecular formula is C11H10N4S. The Kier molecular flexibility index (Phi) is 3.07. The minimum atomic E-state index is 0.152. The van der Waals surface area contributed by atoms with Crippen LogP contribution in [-0.4, -0.2) is 16.3 Å². The van der Waals surface area contributed by atoms with Crippen LogP contribution in [0.25, 0.3) is 10.9 Å². The first kappa shape index (κ1) is 10.5. The molecule has 0 aliphatic carbocycles. The van der Waals surface area contributed by atoms with Gasteiger partial charge in [0.1, 0.15) is 0 Å². The molecule has 0 saturated heterocycles. The Morgan fingerprint density at radius 3 is 3.12 bits per heavy atom. The van der Waals surface area contributed by atoms with E-state index < -0.39 is 0 Å². The first-order valence-corrected chi connectivity index (χ1v) is 5.10. The number of aromatic nitrogens is 1. The molecular weight excluding hydrogens is 220 g/mol. The zero-order valence-electron chi connectivity index (χ0n) is 8.42. The van der Waals surface area contributed by atoms with Crippen molar-refractivity contribution in [2.75, 3.05) is 0 Å². The summed E-state index contributed by atoms with van der Waals surface area (Å²) in [4.78, 5) is 4.23.